The van der Waals surface area contributed by atoms with Crippen molar-refractivity contribution in [3.05, 3.63) is 0 Å². The minimum Gasteiger partial charge on any atom is -0.379 e. The maximum absolute atomic E-state index is 11.6. The van der Waals surface area contributed by atoms with Gasteiger partial charge in [-0.3, -0.25) is 4.21 Å². The normalized spacial score (nSPS) is 57.8. The molecule has 5 atom stereocenters. The highest BCUT2D eigenvalue weighted by Crippen LogP contribution is 2.47. The molecule has 3 unspecified atom stereocenters. The summed E-state index contributed by atoms with van der Waals surface area (Å²) in [7, 11) is 4.99. The number of hydrogen-bond acceptors (Lipinski definition) is 2. The predicted octanol–water partition coefficient (Wildman–Crippen LogP) is 0.427. The predicted molar refractivity (Wildman–Crippen MR) is 49.6 cm³/mol. The topological polar surface area (TPSA) is 26.3 Å². The molecule has 66 valence electrons. The van der Waals surface area contributed by atoms with Crippen LogP contribution in [0, 0.1) is 5.92 Å². The maximum atomic E-state index is 11.6. The average molecular weight is 184 g/mol. The van der Waals surface area contributed by atoms with Crippen molar-refractivity contribution < 1.29 is 8.95 Å². The third-order valence-electron chi connectivity index (χ3n) is 3.31. The Morgan fingerprint density at radius 1 is 1.75 bits per heavy atom. The number of ether oxygens (including phenoxy) is 1. The van der Waals surface area contributed by atoms with Crippen molar-refractivity contribution >= 4 is 18.6 Å². The summed E-state index contributed by atoms with van der Waals surface area (Å²) in [5.41, 5.74) is -0.172. The molecule has 2 fully saturated rings. The molecule has 2 heterocycles. The van der Waals surface area contributed by atoms with E-state index in [1.807, 2.05) is 0 Å². The van der Waals surface area contributed by atoms with Gasteiger partial charge in [0.15, 0.2) is 0 Å². The zero-order valence-corrected chi connectivity index (χ0v) is 8.26. The molecule has 2 rings (SSSR count). The zero-order valence-electron chi connectivity index (χ0n) is 7.45. The molecule has 0 amide bonds. The Morgan fingerprint density at radius 3 is 2.75 bits per heavy atom. The molecule has 0 saturated carbocycles. The summed E-state index contributed by atoms with van der Waals surface area (Å²) >= 11 is 0. The summed E-state index contributed by atoms with van der Waals surface area (Å²) in [5, 5.41) is 0.0740. The van der Waals surface area contributed by atoms with Gasteiger partial charge < -0.3 is 4.74 Å². The number of fused-ring (bicyclic) bond motifs is 2. The highest BCUT2D eigenvalue weighted by molar-refractivity contribution is 7.86. The number of rotatable bonds is 1. The van der Waals surface area contributed by atoms with Gasteiger partial charge in [0.25, 0.3) is 0 Å². The Kier molecular flexibility index (Phi) is 1.88. The first-order valence-corrected chi connectivity index (χ1v) is 5.79. The lowest BCUT2D eigenvalue weighted by molar-refractivity contribution is -0.0162. The van der Waals surface area contributed by atoms with Crippen LogP contribution >= 0.6 is 0 Å². The molecule has 2 bridgehead atoms. The summed E-state index contributed by atoms with van der Waals surface area (Å²) in [5.74, 6) is 1.04. The highest BCUT2D eigenvalue weighted by Gasteiger charge is 2.58. The van der Waals surface area contributed by atoms with Crippen molar-refractivity contribution in [1.29, 1.82) is 0 Å². The van der Waals surface area contributed by atoms with Crippen LogP contribution in [0.2, 0.25) is 0 Å². The summed E-state index contributed by atoms with van der Waals surface area (Å²) in [4.78, 5) is 0. The summed E-state index contributed by atoms with van der Waals surface area (Å²) in [6, 6.07) is -0.297. The maximum Gasteiger partial charge on any atom is 0.110 e. The Balaban J connectivity index is 2.34. The molecule has 12 heavy (non-hydrogen) atoms. The molecule has 2 aliphatic heterocycles. The SMILES string of the molecule is [B]C1O[C@@]2(CC)CS(=O)C1[C@H]2C. The fourth-order valence-electron chi connectivity index (χ4n) is 2.42. The van der Waals surface area contributed by atoms with Gasteiger partial charge in [0, 0.05) is 22.7 Å². The second-order valence-electron chi connectivity index (χ2n) is 3.78. The molecule has 2 saturated heterocycles. The van der Waals surface area contributed by atoms with Crippen molar-refractivity contribution in [2.45, 2.75) is 37.1 Å². The van der Waals surface area contributed by atoms with Gasteiger partial charge in [0.1, 0.15) is 7.85 Å². The van der Waals surface area contributed by atoms with E-state index in [9.17, 15) is 4.21 Å². The Hall–Kier alpha value is 0.175. The molecule has 4 heteroatoms. The molecule has 0 aromatic carbocycles. The van der Waals surface area contributed by atoms with E-state index in [0.717, 1.165) is 6.42 Å². The van der Waals surface area contributed by atoms with Crippen molar-refractivity contribution in [3.8, 4) is 0 Å². The molecular formula is C8H13BO2S. The molecule has 0 aromatic heterocycles. The second kappa shape index (κ2) is 2.58. The van der Waals surface area contributed by atoms with Crippen molar-refractivity contribution in [2.75, 3.05) is 5.75 Å². The standard InChI is InChI=1S/C8H13BO2S/c1-3-8-4-12(10)6(5(8)2)7(9)11-8/h5-7H,3-4H2,1-2H3/t5-,6?,7?,8+,12?/m1/s1. The van der Waals surface area contributed by atoms with E-state index in [1.54, 1.807) is 0 Å². The van der Waals surface area contributed by atoms with Crippen molar-refractivity contribution in [3.63, 3.8) is 0 Å². The lowest BCUT2D eigenvalue weighted by Crippen LogP contribution is -2.38. The van der Waals surface area contributed by atoms with Gasteiger partial charge in [-0.15, -0.1) is 0 Å². The first kappa shape index (κ1) is 8.76. The summed E-state index contributed by atoms with van der Waals surface area (Å²) in [6.07, 6.45) is 0.921. The van der Waals surface area contributed by atoms with Crippen molar-refractivity contribution in [2.24, 2.45) is 5.92 Å². The molecule has 2 radical (unpaired) electrons. The van der Waals surface area contributed by atoms with Gasteiger partial charge >= 0.3 is 0 Å². The fraction of sp³-hybridized carbons (Fsp3) is 1.00. The summed E-state index contributed by atoms with van der Waals surface area (Å²) < 4.78 is 17.2. The van der Waals surface area contributed by atoms with Gasteiger partial charge in [-0.05, 0) is 6.42 Å². The quantitative estimate of drug-likeness (QED) is 0.552. The van der Waals surface area contributed by atoms with Crippen LogP contribution in [0.15, 0.2) is 0 Å². The minimum atomic E-state index is -0.760. The minimum absolute atomic E-state index is 0.0740. The van der Waals surface area contributed by atoms with Crippen LogP contribution in [0.1, 0.15) is 20.3 Å². The molecule has 0 N–H and O–H groups in total. The zero-order chi connectivity index (χ0) is 8.93. The molecule has 0 aliphatic carbocycles. The Labute approximate surface area is 76.9 Å². The van der Waals surface area contributed by atoms with Crippen LogP contribution in [0.4, 0.5) is 0 Å². The Morgan fingerprint density at radius 2 is 2.42 bits per heavy atom. The second-order valence-corrected chi connectivity index (χ2v) is 5.37. The molecule has 2 nitrogen and oxygen atoms in total. The Bertz CT molecular complexity index is 233. The van der Waals surface area contributed by atoms with Crippen LogP contribution in [0.25, 0.3) is 0 Å². The smallest absolute Gasteiger partial charge is 0.110 e. The van der Waals surface area contributed by atoms with E-state index in [0.29, 0.717) is 11.7 Å². The first-order chi connectivity index (χ1) is 5.60. The van der Waals surface area contributed by atoms with Gasteiger partial charge in [-0.2, -0.15) is 0 Å². The number of hydrogen-bond donors (Lipinski definition) is 0. The first-order valence-electron chi connectivity index (χ1n) is 4.41. The lowest BCUT2D eigenvalue weighted by atomic mass is 9.85. The molecular weight excluding hydrogens is 171 g/mol. The summed E-state index contributed by atoms with van der Waals surface area (Å²) in [6.45, 7) is 4.18. The van der Waals surface area contributed by atoms with E-state index in [2.05, 4.69) is 13.8 Å². The molecule has 0 aromatic rings. The van der Waals surface area contributed by atoms with E-state index < -0.39 is 10.8 Å². The van der Waals surface area contributed by atoms with E-state index in [-0.39, 0.29) is 16.9 Å². The molecule has 0 spiro atoms. The van der Waals surface area contributed by atoms with Crippen LogP contribution < -0.4 is 0 Å². The van der Waals surface area contributed by atoms with Gasteiger partial charge in [-0.25, -0.2) is 0 Å². The van der Waals surface area contributed by atoms with Gasteiger partial charge in [0.05, 0.1) is 16.6 Å². The van der Waals surface area contributed by atoms with E-state index in [4.69, 9.17) is 12.6 Å². The van der Waals surface area contributed by atoms with Crippen LogP contribution in [0.5, 0.6) is 0 Å². The highest BCUT2D eigenvalue weighted by atomic mass is 32.2. The van der Waals surface area contributed by atoms with E-state index >= 15 is 0 Å². The largest absolute Gasteiger partial charge is 0.379 e. The van der Waals surface area contributed by atoms with Gasteiger partial charge in [-0.1, -0.05) is 13.8 Å². The van der Waals surface area contributed by atoms with Crippen LogP contribution in [-0.4, -0.2) is 34.7 Å². The van der Waals surface area contributed by atoms with Gasteiger partial charge in [0.2, 0.25) is 0 Å². The molecule has 2 aliphatic rings. The average Bonchev–Trinajstić information content (AvgIpc) is 2.37. The monoisotopic (exact) mass is 184 g/mol. The van der Waals surface area contributed by atoms with Crippen LogP contribution in [0.3, 0.4) is 0 Å². The lowest BCUT2D eigenvalue weighted by Gasteiger charge is -2.29. The van der Waals surface area contributed by atoms with Crippen molar-refractivity contribution in [1.82, 2.24) is 0 Å². The van der Waals surface area contributed by atoms with E-state index in [1.165, 1.54) is 0 Å². The fourth-order valence-corrected chi connectivity index (χ4v) is 4.68. The third kappa shape index (κ3) is 0.881. The third-order valence-corrected chi connectivity index (χ3v) is 5.36. The van der Waals surface area contributed by atoms with Crippen LogP contribution in [-0.2, 0) is 15.5 Å².